The normalized spacial score (nSPS) is 19.6. The lowest BCUT2D eigenvalue weighted by molar-refractivity contribution is -0.117. The SMILES string of the molecule is Cc1nnc(NC(=O)CN(C)CC2CCCCN2)o1. The summed E-state index contributed by atoms with van der Waals surface area (Å²) in [6, 6.07) is 0.642. The molecule has 0 radical (unpaired) electrons. The molecule has 0 aliphatic carbocycles. The fraction of sp³-hybridized carbons (Fsp3) is 0.750. The summed E-state index contributed by atoms with van der Waals surface area (Å²) in [5, 5.41) is 13.4. The van der Waals surface area contributed by atoms with Crippen LogP contribution in [0, 0.1) is 6.92 Å². The van der Waals surface area contributed by atoms with Crippen molar-refractivity contribution in [3.05, 3.63) is 5.89 Å². The highest BCUT2D eigenvalue weighted by atomic mass is 16.4. The highest BCUT2D eigenvalue weighted by Gasteiger charge is 2.16. The van der Waals surface area contributed by atoms with Crippen LogP contribution in [-0.2, 0) is 4.79 Å². The van der Waals surface area contributed by atoms with Gasteiger partial charge in [-0.15, -0.1) is 5.10 Å². The number of aryl methyl sites for hydroxylation is 1. The van der Waals surface area contributed by atoms with E-state index in [1.165, 1.54) is 19.3 Å². The van der Waals surface area contributed by atoms with E-state index in [4.69, 9.17) is 4.42 Å². The first-order valence-electron chi connectivity index (χ1n) is 6.65. The molecule has 1 fully saturated rings. The van der Waals surface area contributed by atoms with Gasteiger partial charge in [-0.25, -0.2) is 0 Å². The molecule has 0 saturated carbocycles. The molecule has 19 heavy (non-hydrogen) atoms. The minimum absolute atomic E-state index is 0.137. The molecule has 7 nitrogen and oxygen atoms in total. The maximum atomic E-state index is 11.8. The van der Waals surface area contributed by atoms with E-state index in [2.05, 4.69) is 20.8 Å². The molecule has 106 valence electrons. The van der Waals surface area contributed by atoms with Crippen LogP contribution in [0.2, 0.25) is 0 Å². The van der Waals surface area contributed by atoms with Crippen LogP contribution in [0.5, 0.6) is 0 Å². The van der Waals surface area contributed by atoms with Gasteiger partial charge in [0.15, 0.2) is 0 Å². The van der Waals surface area contributed by atoms with Gasteiger partial charge in [-0.1, -0.05) is 11.5 Å². The van der Waals surface area contributed by atoms with Crippen LogP contribution in [0.15, 0.2) is 4.42 Å². The predicted molar refractivity (Wildman–Crippen MR) is 70.8 cm³/mol. The van der Waals surface area contributed by atoms with Crippen LogP contribution < -0.4 is 10.6 Å². The van der Waals surface area contributed by atoms with E-state index >= 15 is 0 Å². The molecular weight excluding hydrogens is 246 g/mol. The second-order valence-electron chi connectivity index (χ2n) is 5.02. The largest absolute Gasteiger partial charge is 0.408 e. The second-order valence-corrected chi connectivity index (χ2v) is 5.02. The molecule has 1 aliphatic heterocycles. The summed E-state index contributed by atoms with van der Waals surface area (Å²) in [5.74, 6) is 0.303. The quantitative estimate of drug-likeness (QED) is 0.803. The number of aromatic nitrogens is 2. The summed E-state index contributed by atoms with van der Waals surface area (Å²) in [6.07, 6.45) is 3.69. The molecule has 2 rings (SSSR count). The smallest absolute Gasteiger partial charge is 0.322 e. The van der Waals surface area contributed by atoms with E-state index < -0.39 is 0 Å². The molecule has 1 unspecified atom stereocenters. The van der Waals surface area contributed by atoms with E-state index in [-0.39, 0.29) is 11.9 Å². The second kappa shape index (κ2) is 6.63. The van der Waals surface area contributed by atoms with Crippen LogP contribution >= 0.6 is 0 Å². The van der Waals surface area contributed by atoms with Gasteiger partial charge in [-0.2, -0.15) is 0 Å². The molecule has 2 N–H and O–H groups in total. The minimum Gasteiger partial charge on any atom is -0.408 e. The first-order chi connectivity index (χ1) is 9.13. The Bertz CT molecular complexity index is 414. The van der Waals surface area contributed by atoms with Gasteiger partial charge in [0.2, 0.25) is 11.8 Å². The fourth-order valence-electron chi connectivity index (χ4n) is 2.27. The summed E-state index contributed by atoms with van der Waals surface area (Å²) in [4.78, 5) is 13.8. The third kappa shape index (κ3) is 4.60. The van der Waals surface area contributed by atoms with Crippen molar-refractivity contribution in [1.29, 1.82) is 0 Å². The number of carbonyl (C=O) groups is 1. The highest BCUT2D eigenvalue weighted by Crippen LogP contribution is 2.08. The maximum Gasteiger partial charge on any atom is 0.322 e. The van der Waals surface area contributed by atoms with E-state index in [0.717, 1.165) is 13.1 Å². The Morgan fingerprint density at radius 1 is 1.53 bits per heavy atom. The Balaban J connectivity index is 1.71. The summed E-state index contributed by atoms with van der Waals surface area (Å²) in [5.41, 5.74) is 0. The molecule has 7 heteroatoms. The monoisotopic (exact) mass is 267 g/mol. The Kier molecular flexibility index (Phi) is 4.86. The number of hydrogen-bond acceptors (Lipinski definition) is 6. The zero-order valence-corrected chi connectivity index (χ0v) is 11.5. The van der Waals surface area contributed by atoms with Gasteiger partial charge < -0.3 is 9.73 Å². The number of nitrogens with zero attached hydrogens (tertiary/aromatic N) is 3. The minimum atomic E-state index is -0.137. The molecule has 1 aromatic heterocycles. The van der Waals surface area contributed by atoms with E-state index in [1.807, 2.05) is 11.9 Å². The lowest BCUT2D eigenvalue weighted by Crippen LogP contribution is -2.44. The van der Waals surface area contributed by atoms with Crippen molar-refractivity contribution >= 4 is 11.9 Å². The first-order valence-corrected chi connectivity index (χ1v) is 6.65. The van der Waals surface area contributed by atoms with Gasteiger partial charge in [0, 0.05) is 19.5 Å². The van der Waals surface area contributed by atoms with Gasteiger partial charge in [0.25, 0.3) is 0 Å². The van der Waals surface area contributed by atoms with Crippen molar-refractivity contribution in [1.82, 2.24) is 20.4 Å². The fourth-order valence-corrected chi connectivity index (χ4v) is 2.27. The third-order valence-electron chi connectivity index (χ3n) is 3.13. The molecule has 2 heterocycles. The van der Waals surface area contributed by atoms with E-state index in [9.17, 15) is 4.79 Å². The first kappa shape index (κ1) is 14.0. The topological polar surface area (TPSA) is 83.3 Å². The van der Waals surface area contributed by atoms with Crippen molar-refractivity contribution < 1.29 is 9.21 Å². The number of carbonyl (C=O) groups excluding carboxylic acids is 1. The third-order valence-corrected chi connectivity index (χ3v) is 3.13. The number of hydrogen-bond donors (Lipinski definition) is 2. The zero-order valence-electron chi connectivity index (χ0n) is 11.5. The maximum absolute atomic E-state index is 11.8. The molecular formula is C12H21N5O2. The van der Waals surface area contributed by atoms with Crippen LogP contribution in [-0.4, -0.2) is 53.7 Å². The van der Waals surface area contributed by atoms with Gasteiger partial charge in [-0.05, 0) is 26.4 Å². The average molecular weight is 267 g/mol. The van der Waals surface area contributed by atoms with Gasteiger partial charge in [-0.3, -0.25) is 15.0 Å². The highest BCUT2D eigenvalue weighted by molar-refractivity contribution is 5.90. The average Bonchev–Trinajstić information content (AvgIpc) is 2.75. The van der Waals surface area contributed by atoms with Gasteiger partial charge in [0.1, 0.15) is 0 Å². The Labute approximate surface area is 112 Å². The summed E-state index contributed by atoms with van der Waals surface area (Å²) < 4.78 is 5.10. The zero-order chi connectivity index (χ0) is 13.7. The number of anilines is 1. The Morgan fingerprint density at radius 3 is 3.00 bits per heavy atom. The lowest BCUT2D eigenvalue weighted by Gasteiger charge is -2.27. The van der Waals surface area contributed by atoms with Crippen molar-refractivity contribution in [2.45, 2.75) is 32.2 Å². The predicted octanol–water partition coefficient (Wildman–Crippen LogP) is 0.390. The number of amides is 1. The Morgan fingerprint density at radius 2 is 2.37 bits per heavy atom. The summed E-state index contributed by atoms with van der Waals surface area (Å²) in [6.45, 7) is 3.95. The molecule has 0 aromatic carbocycles. The van der Waals surface area contributed by atoms with Crippen LogP contribution in [0.4, 0.5) is 6.01 Å². The van der Waals surface area contributed by atoms with Crippen LogP contribution in [0.1, 0.15) is 25.2 Å². The number of likely N-dealkylation sites (N-methyl/N-ethyl adjacent to an activating group) is 1. The summed E-state index contributed by atoms with van der Waals surface area (Å²) >= 11 is 0. The molecule has 1 saturated heterocycles. The number of nitrogens with one attached hydrogen (secondary N) is 2. The van der Waals surface area contributed by atoms with E-state index in [1.54, 1.807) is 6.92 Å². The standard InChI is InChI=1S/C12H21N5O2/c1-9-15-16-12(19-9)14-11(18)8-17(2)7-10-5-3-4-6-13-10/h10,13H,3-8H2,1-2H3,(H,14,16,18). The number of rotatable bonds is 5. The molecule has 1 amide bonds. The number of piperidine rings is 1. The van der Waals surface area contributed by atoms with Crippen molar-refractivity contribution in [2.75, 3.05) is 32.0 Å². The molecule has 0 spiro atoms. The van der Waals surface area contributed by atoms with Crippen molar-refractivity contribution in [3.8, 4) is 0 Å². The molecule has 0 bridgehead atoms. The van der Waals surface area contributed by atoms with Gasteiger partial charge >= 0.3 is 6.01 Å². The van der Waals surface area contributed by atoms with Gasteiger partial charge in [0.05, 0.1) is 6.54 Å². The van der Waals surface area contributed by atoms with Crippen molar-refractivity contribution in [3.63, 3.8) is 0 Å². The lowest BCUT2D eigenvalue weighted by atomic mass is 10.0. The summed E-state index contributed by atoms with van der Waals surface area (Å²) in [7, 11) is 1.94. The van der Waals surface area contributed by atoms with Crippen LogP contribution in [0.25, 0.3) is 0 Å². The van der Waals surface area contributed by atoms with Crippen molar-refractivity contribution in [2.24, 2.45) is 0 Å². The van der Waals surface area contributed by atoms with E-state index in [0.29, 0.717) is 18.5 Å². The molecule has 1 atom stereocenters. The molecule has 1 aliphatic rings. The van der Waals surface area contributed by atoms with Crippen LogP contribution in [0.3, 0.4) is 0 Å². The molecule has 1 aromatic rings. The Hall–Kier alpha value is -1.47.